The molecule has 0 saturated carbocycles. The number of hydrogen-bond donors (Lipinski definition) is 3. The summed E-state index contributed by atoms with van der Waals surface area (Å²) >= 11 is 14.0. The third-order valence-corrected chi connectivity index (χ3v) is 11.8. The Balaban J connectivity index is 0.000000177. The van der Waals surface area contributed by atoms with Crippen LogP contribution >= 0.6 is 45.9 Å². The highest BCUT2D eigenvalue weighted by molar-refractivity contribution is 7.18. The number of fused-ring (bicyclic) bond motifs is 2. The van der Waals surface area contributed by atoms with Crippen LogP contribution in [-0.2, 0) is 26.1 Å². The van der Waals surface area contributed by atoms with Gasteiger partial charge in [-0.2, -0.15) is 0 Å². The largest absolute Gasteiger partial charge is 0.392 e. The zero-order valence-corrected chi connectivity index (χ0v) is 33.7. The molecule has 0 saturated heterocycles. The fourth-order valence-electron chi connectivity index (χ4n) is 6.54. The molecule has 11 nitrogen and oxygen atoms in total. The maximum Gasteiger partial charge on any atom is 0.265 e. The Morgan fingerprint density at radius 2 is 0.983 bits per heavy atom. The molecule has 4 heterocycles. The van der Waals surface area contributed by atoms with Crippen molar-refractivity contribution >= 4 is 92.7 Å². The van der Waals surface area contributed by atoms with Gasteiger partial charge in [0.2, 0.25) is 0 Å². The number of thiophene rings is 2. The van der Waals surface area contributed by atoms with Crippen LogP contribution in [0, 0.1) is 0 Å². The number of aliphatic hydroxyl groups is 1. The van der Waals surface area contributed by atoms with Gasteiger partial charge in [-0.25, -0.2) is 0 Å². The maximum absolute atomic E-state index is 13.0. The van der Waals surface area contributed by atoms with Gasteiger partial charge in [-0.05, 0) is 77.2 Å². The molecule has 2 aromatic heterocycles. The fourth-order valence-corrected chi connectivity index (χ4v) is 8.42. The summed E-state index contributed by atoms with van der Waals surface area (Å²) in [4.78, 5) is 79.8. The van der Waals surface area contributed by atoms with Crippen molar-refractivity contribution in [2.24, 2.45) is 0 Å². The number of aryl methyl sites for hydroxylation is 1. The summed E-state index contributed by atoms with van der Waals surface area (Å²) in [5.41, 5.74) is 4.99. The van der Waals surface area contributed by atoms with Crippen molar-refractivity contribution in [3.05, 3.63) is 172 Å². The van der Waals surface area contributed by atoms with Gasteiger partial charge in [-0.1, -0.05) is 90.8 Å². The summed E-state index contributed by atoms with van der Waals surface area (Å²) in [6, 6.07) is 31.0. The average Bonchev–Trinajstić information content (AvgIpc) is 3.99. The summed E-state index contributed by atoms with van der Waals surface area (Å²) in [6.07, 6.45) is 0.874. The summed E-state index contributed by atoms with van der Waals surface area (Å²) in [5.74, 6) is -2.43. The highest BCUT2D eigenvalue weighted by Crippen LogP contribution is 2.33. The van der Waals surface area contributed by atoms with E-state index >= 15 is 0 Å². The van der Waals surface area contributed by atoms with Crippen LogP contribution in [0.3, 0.4) is 0 Å². The second-order valence-electron chi connectivity index (χ2n) is 13.1. The Morgan fingerprint density at radius 3 is 1.40 bits per heavy atom. The van der Waals surface area contributed by atoms with Crippen LogP contribution in [0.5, 0.6) is 0 Å². The van der Waals surface area contributed by atoms with Crippen LogP contribution in [0.25, 0.3) is 0 Å². The van der Waals surface area contributed by atoms with E-state index < -0.39 is 23.6 Å². The lowest BCUT2D eigenvalue weighted by molar-refractivity contribution is 0.0627. The van der Waals surface area contributed by atoms with E-state index in [0.29, 0.717) is 35.2 Å². The summed E-state index contributed by atoms with van der Waals surface area (Å²) in [5, 5.41) is 14.7. The first-order chi connectivity index (χ1) is 27.9. The molecule has 2 aliphatic heterocycles. The predicted octanol–water partition coefficient (Wildman–Crippen LogP) is 8.95. The molecule has 6 amide bonds. The van der Waals surface area contributed by atoms with Gasteiger partial charge in [0.15, 0.2) is 0 Å². The van der Waals surface area contributed by atoms with Crippen LogP contribution in [0.1, 0.15) is 90.0 Å². The third kappa shape index (κ3) is 8.35. The number of benzene rings is 4. The molecule has 0 radical (unpaired) electrons. The number of nitrogens with one attached hydrogen (secondary N) is 2. The normalized spacial score (nSPS) is 13.0. The monoisotopic (exact) mass is 850 g/mol. The number of imide groups is 2. The van der Waals surface area contributed by atoms with Gasteiger partial charge < -0.3 is 15.7 Å². The maximum atomic E-state index is 13.0. The lowest BCUT2D eigenvalue weighted by Crippen LogP contribution is -2.29. The van der Waals surface area contributed by atoms with Gasteiger partial charge in [0.1, 0.15) is 0 Å². The van der Waals surface area contributed by atoms with Crippen LogP contribution in [0.15, 0.2) is 109 Å². The standard InChI is InChI=1S/C22H17ClN2O3S.C21H15ClN2O4S/c1-2-13-5-3-6-14(11-13)12-25-21(27)15-7-4-8-16(19(15)22(25)28)24-20(26)17-9-10-18(23)29-17;22-17-8-7-16(29-17)19(26)23-15-6-2-5-14-18(15)21(28)24(20(14)27)10-12-3-1-4-13(9-12)11-25/h3-11H,2,12H2,1H3,(H,24,26);1-9,25H,10-11H2,(H,23,26). The molecule has 0 bridgehead atoms. The number of aliphatic hydroxyl groups excluding tert-OH is 1. The predicted molar refractivity (Wildman–Crippen MR) is 224 cm³/mol. The van der Waals surface area contributed by atoms with E-state index in [1.54, 1.807) is 84.9 Å². The molecule has 0 unspecified atom stereocenters. The highest BCUT2D eigenvalue weighted by Gasteiger charge is 2.39. The molecule has 0 fully saturated rings. The quantitative estimate of drug-likeness (QED) is 0.116. The first-order valence-corrected chi connectivity index (χ1v) is 20.2. The van der Waals surface area contributed by atoms with Crippen molar-refractivity contribution in [1.82, 2.24) is 9.80 Å². The minimum Gasteiger partial charge on any atom is -0.392 e. The molecule has 2 aliphatic rings. The van der Waals surface area contributed by atoms with Gasteiger partial charge in [-0.15, -0.1) is 22.7 Å². The van der Waals surface area contributed by atoms with E-state index in [1.165, 1.54) is 4.90 Å². The third-order valence-electron chi connectivity index (χ3n) is 9.34. The molecular weight excluding hydrogens is 820 g/mol. The van der Waals surface area contributed by atoms with Crippen molar-refractivity contribution in [3.63, 3.8) is 0 Å². The molecule has 0 atom stereocenters. The van der Waals surface area contributed by atoms with E-state index in [2.05, 4.69) is 17.6 Å². The number of anilines is 2. The first kappa shape index (κ1) is 40.2. The van der Waals surface area contributed by atoms with Gasteiger partial charge >= 0.3 is 0 Å². The van der Waals surface area contributed by atoms with E-state index in [0.717, 1.165) is 50.7 Å². The molecule has 6 aromatic rings. The SMILES string of the molecule is CCc1cccc(CN2C(=O)c3cccc(NC(=O)c4ccc(Cl)s4)c3C2=O)c1.O=C(Nc1cccc2c1C(=O)N(Cc1cccc(CO)c1)C2=O)c1ccc(Cl)s1. The molecule has 0 spiro atoms. The Hall–Kier alpha value is -5.96. The minimum absolute atomic E-state index is 0.0775. The Labute approximate surface area is 350 Å². The fraction of sp³-hybridized carbons (Fsp3) is 0.116. The molecule has 58 heavy (non-hydrogen) atoms. The van der Waals surface area contributed by atoms with Gasteiger partial charge in [0.05, 0.1) is 71.8 Å². The Morgan fingerprint density at radius 1 is 0.569 bits per heavy atom. The number of nitrogens with zero attached hydrogens (tertiary/aromatic N) is 2. The van der Waals surface area contributed by atoms with E-state index in [-0.39, 0.29) is 53.9 Å². The number of amides is 6. The topological polar surface area (TPSA) is 153 Å². The first-order valence-electron chi connectivity index (χ1n) is 17.8. The summed E-state index contributed by atoms with van der Waals surface area (Å²) < 4.78 is 0.983. The lowest BCUT2D eigenvalue weighted by atomic mass is 10.1. The average molecular weight is 852 g/mol. The molecule has 3 N–H and O–H groups in total. The van der Waals surface area contributed by atoms with Gasteiger partial charge in [0, 0.05) is 0 Å². The highest BCUT2D eigenvalue weighted by atomic mass is 35.5. The zero-order valence-electron chi connectivity index (χ0n) is 30.6. The molecule has 8 rings (SSSR count). The number of carbonyl (C=O) groups excluding carboxylic acids is 6. The summed E-state index contributed by atoms with van der Waals surface area (Å²) in [6.45, 7) is 2.19. The van der Waals surface area contributed by atoms with Gasteiger partial charge in [0.25, 0.3) is 35.4 Å². The van der Waals surface area contributed by atoms with Crippen molar-refractivity contribution < 1.29 is 33.9 Å². The smallest absolute Gasteiger partial charge is 0.265 e. The Bertz CT molecular complexity index is 2460. The van der Waals surface area contributed by atoms with E-state index in [1.807, 2.05) is 24.3 Å². The Kier molecular flexibility index (Phi) is 12.0. The molecular formula is C43H32Cl2N4O7S2. The van der Waals surface area contributed by atoms with Gasteiger partial charge in [-0.3, -0.25) is 38.6 Å². The number of carbonyl (C=O) groups is 6. The van der Waals surface area contributed by atoms with Crippen LogP contribution in [0.4, 0.5) is 11.4 Å². The van der Waals surface area contributed by atoms with Crippen molar-refractivity contribution in [1.29, 1.82) is 0 Å². The van der Waals surface area contributed by atoms with Crippen LogP contribution < -0.4 is 10.6 Å². The molecule has 292 valence electrons. The second kappa shape index (κ2) is 17.3. The van der Waals surface area contributed by atoms with Crippen molar-refractivity contribution in [3.8, 4) is 0 Å². The number of hydrogen-bond acceptors (Lipinski definition) is 9. The zero-order chi connectivity index (χ0) is 41.1. The van der Waals surface area contributed by atoms with Crippen LogP contribution in [-0.4, -0.2) is 50.3 Å². The second-order valence-corrected chi connectivity index (χ2v) is 16.5. The lowest BCUT2D eigenvalue weighted by Gasteiger charge is -2.14. The van der Waals surface area contributed by atoms with Crippen molar-refractivity contribution in [2.75, 3.05) is 10.6 Å². The summed E-state index contributed by atoms with van der Waals surface area (Å²) in [7, 11) is 0. The van der Waals surface area contributed by atoms with E-state index in [9.17, 15) is 33.9 Å². The van der Waals surface area contributed by atoms with E-state index in [4.69, 9.17) is 23.2 Å². The molecule has 0 aliphatic carbocycles. The number of halogens is 2. The number of rotatable bonds is 10. The van der Waals surface area contributed by atoms with Crippen molar-refractivity contribution in [2.45, 2.75) is 33.0 Å². The minimum atomic E-state index is -0.473. The molecule has 15 heteroatoms. The van der Waals surface area contributed by atoms with Crippen LogP contribution in [0.2, 0.25) is 8.67 Å². The molecule has 4 aromatic carbocycles.